The lowest BCUT2D eigenvalue weighted by Gasteiger charge is -2.45. The topological polar surface area (TPSA) is 90.5 Å². The lowest BCUT2D eigenvalue weighted by molar-refractivity contribution is -0.125. The van der Waals surface area contributed by atoms with E-state index in [0.717, 1.165) is 43.7 Å². The number of aromatic nitrogens is 2. The Morgan fingerprint density at radius 3 is 2.47 bits per heavy atom. The van der Waals surface area contributed by atoms with Crippen LogP contribution in [0, 0.1) is 17.3 Å². The second-order valence-electron chi connectivity index (χ2n) is 9.09. The Labute approximate surface area is 198 Å². The Morgan fingerprint density at radius 1 is 1.09 bits per heavy atom. The van der Waals surface area contributed by atoms with Gasteiger partial charge in [-0.1, -0.05) is 24.1 Å². The van der Waals surface area contributed by atoms with Crippen molar-refractivity contribution in [2.24, 2.45) is 11.1 Å². The number of amides is 2. The molecule has 0 bridgehead atoms. The van der Waals surface area contributed by atoms with Gasteiger partial charge in [0.1, 0.15) is 17.2 Å². The summed E-state index contributed by atoms with van der Waals surface area (Å²) < 4.78 is 7.72. The van der Waals surface area contributed by atoms with Gasteiger partial charge in [0.25, 0.3) is 11.8 Å². The third-order valence-electron chi connectivity index (χ3n) is 6.77. The molecule has 2 fully saturated rings. The number of benzene rings is 2. The molecule has 0 atom stereocenters. The minimum absolute atomic E-state index is 0.0973. The fraction of sp³-hybridized carbons (Fsp3) is 0.296. The van der Waals surface area contributed by atoms with Crippen LogP contribution in [0.3, 0.4) is 0 Å². The van der Waals surface area contributed by atoms with Crippen molar-refractivity contribution in [1.29, 1.82) is 0 Å². The molecule has 2 aliphatic rings. The van der Waals surface area contributed by atoms with E-state index in [4.69, 9.17) is 15.6 Å². The van der Waals surface area contributed by atoms with Crippen molar-refractivity contribution in [2.75, 3.05) is 13.1 Å². The van der Waals surface area contributed by atoms with Gasteiger partial charge in [0.05, 0.1) is 11.6 Å². The second kappa shape index (κ2) is 8.71. The van der Waals surface area contributed by atoms with Gasteiger partial charge >= 0.3 is 0 Å². The number of para-hydroxylation sites is 1. The molecular weight excluding hydrogens is 428 g/mol. The van der Waals surface area contributed by atoms with Gasteiger partial charge in [-0.2, -0.15) is 5.10 Å². The van der Waals surface area contributed by atoms with Crippen LogP contribution in [0.2, 0.25) is 0 Å². The van der Waals surface area contributed by atoms with Crippen LogP contribution in [-0.4, -0.2) is 39.6 Å². The number of rotatable bonds is 5. The summed E-state index contributed by atoms with van der Waals surface area (Å²) in [5.74, 6) is 6.17. The minimum atomic E-state index is -0.504. The van der Waals surface area contributed by atoms with Gasteiger partial charge in [0, 0.05) is 24.8 Å². The van der Waals surface area contributed by atoms with Gasteiger partial charge < -0.3 is 15.4 Å². The summed E-state index contributed by atoms with van der Waals surface area (Å²) in [5, 5.41) is 4.75. The van der Waals surface area contributed by atoms with Crippen molar-refractivity contribution in [1.82, 2.24) is 14.7 Å². The van der Waals surface area contributed by atoms with Gasteiger partial charge in [0.15, 0.2) is 0 Å². The number of carbonyl (C=O) groups is 2. The maximum Gasteiger partial charge on any atom is 0.298 e. The largest absolute Gasteiger partial charge is 0.457 e. The number of carbonyl (C=O) groups excluding carboxylic acids is 2. The Kier molecular flexibility index (Phi) is 5.58. The molecule has 1 spiro atoms. The molecule has 7 heteroatoms. The summed E-state index contributed by atoms with van der Waals surface area (Å²) in [6, 6.07) is 17.2. The van der Waals surface area contributed by atoms with Crippen LogP contribution in [0.4, 0.5) is 0 Å². The highest BCUT2D eigenvalue weighted by Crippen LogP contribution is 2.54. The summed E-state index contributed by atoms with van der Waals surface area (Å²) in [6.07, 6.45) is 4.56. The lowest BCUT2D eigenvalue weighted by atomic mass is 9.65. The van der Waals surface area contributed by atoms with E-state index in [1.165, 1.54) is 0 Å². The van der Waals surface area contributed by atoms with Crippen molar-refractivity contribution in [3.8, 4) is 34.6 Å². The molecule has 172 valence electrons. The molecular formula is C27H26N4O3. The number of nitrogens with two attached hydrogens (primary N) is 1. The van der Waals surface area contributed by atoms with Crippen LogP contribution in [0.25, 0.3) is 11.3 Å². The molecule has 5 rings (SSSR count). The van der Waals surface area contributed by atoms with Crippen molar-refractivity contribution >= 4 is 11.8 Å². The van der Waals surface area contributed by atoms with Gasteiger partial charge in [-0.25, -0.2) is 0 Å². The van der Waals surface area contributed by atoms with Crippen molar-refractivity contribution in [3.63, 3.8) is 0 Å². The summed E-state index contributed by atoms with van der Waals surface area (Å²) in [7, 11) is 0. The monoisotopic (exact) mass is 454 g/mol. The molecule has 34 heavy (non-hydrogen) atoms. The summed E-state index contributed by atoms with van der Waals surface area (Å²) in [6.45, 7) is 3.16. The van der Waals surface area contributed by atoms with E-state index >= 15 is 0 Å². The highest BCUT2D eigenvalue weighted by molar-refractivity contribution is 5.98. The molecule has 1 aromatic heterocycles. The first kappa shape index (κ1) is 21.8. The van der Waals surface area contributed by atoms with E-state index in [1.807, 2.05) is 64.2 Å². The van der Waals surface area contributed by atoms with Gasteiger partial charge in [-0.05, 0) is 73.9 Å². The molecule has 0 radical (unpaired) electrons. The fourth-order valence-electron chi connectivity index (χ4n) is 5.03. The highest BCUT2D eigenvalue weighted by Gasteiger charge is 2.50. The molecule has 1 saturated carbocycles. The van der Waals surface area contributed by atoms with Crippen LogP contribution >= 0.6 is 0 Å². The first-order chi connectivity index (χ1) is 16.5. The number of likely N-dealkylation sites (tertiary alicyclic amines) is 1. The van der Waals surface area contributed by atoms with Gasteiger partial charge in [0.2, 0.25) is 0 Å². The Bertz CT molecular complexity index is 1280. The smallest absolute Gasteiger partial charge is 0.298 e. The predicted octanol–water partition coefficient (Wildman–Crippen LogP) is 4.02. The third kappa shape index (κ3) is 4.15. The number of nitrogens with zero attached hydrogens (tertiary/aromatic N) is 3. The molecule has 3 aromatic rings. The standard InChI is InChI=1S/C27H26N4O3/c1-2-6-24(32)30-14-13-27(18-30)15-20(16-27)31-17-23(26(28)33)25(29-31)19-9-11-22(12-10-19)34-21-7-4-3-5-8-21/h3-5,7-12,17,20H,13-16,18H2,1H3,(H2,28,33). The van der Waals surface area contributed by atoms with E-state index in [2.05, 4.69) is 11.8 Å². The summed E-state index contributed by atoms with van der Waals surface area (Å²) in [5.41, 5.74) is 7.57. The van der Waals surface area contributed by atoms with Crippen LogP contribution in [-0.2, 0) is 4.79 Å². The van der Waals surface area contributed by atoms with Crippen LogP contribution in [0.15, 0.2) is 60.8 Å². The molecule has 2 heterocycles. The van der Waals surface area contributed by atoms with E-state index in [1.54, 1.807) is 13.1 Å². The number of hydrogen-bond acceptors (Lipinski definition) is 4. The quantitative estimate of drug-likeness (QED) is 0.590. The maximum atomic E-state index is 12.2. The Hall–Kier alpha value is -4.05. The Balaban J connectivity index is 1.30. The van der Waals surface area contributed by atoms with Crippen LogP contribution < -0.4 is 10.5 Å². The second-order valence-corrected chi connectivity index (χ2v) is 9.09. The van der Waals surface area contributed by atoms with E-state index in [-0.39, 0.29) is 17.4 Å². The van der Waals surface area contributed by atoms with E-state index in [0.29, 0.717) is 17.0 Å². The first-order valence-electron chi connectivity index (χ1n) is 11.4. The highest BCUT2D eigenvalue weighted by atomic mass is 16.5. The zero-order valence-electron chi connectivity index (χ0n) is 19.0. The number of ether oxygens (including phenoxy) is 1. The lowest BCUT2D eigenvalue weighted by Crippen LogP contribution is -2.41. The number of primary amides is 1. The van der Waals surface area contributed by atoms with Crippen molar-refractivity contribution in [3.05, 3.63) is 66.4 Å². The zero-order chi connectivity index (χ0) is 23.7. The molecule has 2 amide bonds. The maximum absolute atomic E-state index is 12.2. The minimum Gasteiger partial charge on any atom is -0.457 e. The zero-order valence-corrected chi connectivity index (χ0v) is 19.0. The normalized spacial score (nSPS) is 21.0. The average molecular weight is 455 g/mol. The first-order valence-corrected chi connectivity index (χ1v) is 11.4. The predicted molar refractivity (Wildman–Crippen MR) is 128 cm³/mol. The average Bonchev–Trinajstić information content (AvgIpc) is 3.45. The summed E-state index contributed by atoms with van der Waals surface area (Å²) >= 11 is 0. The molecule has 1 aliphatic carbocycles. The van der Waals surface area contributed by atoms with Crippen LogP contribution in [0.5, 0.6) is 11.5 Å². The fourth-order valence-corrected chi connectivity index (χ4v) is 5.03. The number of hydrogen-bond donors (Lipinski definition) is 1. The van der Waals surface area contributed by atoms with E-state index in [9.17, 15) is 9.59 Å². The van der Waals surface area contributed by atoms with Crippen molar-refractivity contribution in [2.45, 2.75) is 32.2 Å². The third-order valence-corrected chi connectivity index (χ3v) is 6.77. The van der Waals surface area contributed by atoms with E-state index < -0.39 is 5.91 Å². The molecule has 2 aromatic carbocycles. The van der Waals surface area contributed by atoms with Gasteiger partial charge in [-0.3, -0.25) is 14.3 Å². The molecule has 2 N–H and O–H groups in total. The molecule has 1 aliphatic heterocycles. The van der Waals surface area contributed by atoms with Crippen molar-refractivity contribution < 1.29 is 14.3 Å². The molecule has 7 nitrogen and oxygen atoms in total. The summed E-state index contributed by atoms with van der Waals surface area (Å²) in [4.78, 5) is 26.1. The molecule has 0 unspecified atom stereocenters. The molecule has 1 saturated heterocycles. The Morgan fingerprint density at radius 2 is 1.79 bits per heavy atom. The SMILES string of the molecule is CC#CC(=O)N1CCC2(CC(n3cc(C(N)=O)c(-c4ccc(Oc5ccccc5)cc4)n3)C2)C1. The van der Waals surface area contributed by atoms with Crippen LogP contribution in [0.1, 0.15) is 42.6 Å². The van der Waals surface area contributed by atoms with Gasteiger partial charge in [-0.15, -0.1) is 0 Å².